The highest BCUT2D eigenvalue weighted by molar-refractivity contribution is 7.99. The highest BCUT2D eigenvalue weighted by Crippen LogP contribution is 2.19. The van der Waals surface area contributed by atoms with Crippen molar-refractivity contribution in [3.05, 3.63) is 11.4 Å². The van der Waals surface area contributed by atoms with Gasteiger partial charge < -0.3 is 10.4 Å². The summed E-state index contributed by atoms with van der Waals surface area (Å²) in [4.78, 5) is 25.1. The van der Waals surface area contributed by atoms with Gasteiger partial charge in [-0.15, -0.1) is 0 Å². The summed E-state index contributed by atoms with van der Waals surface area (Å²) in [6.45, 7) is 4.42. The Bertz CT molecular complexity index is 558. The number of aromatic nitrogens is 2. The Morgan fingerprint density at radius 2 is 2.19 bits per heavy atom. The lowest BCUT2D eigenvalue weighted by molar-refractivity contribution is -0.142. The zero-order chi connectivity index (χ0) is 15.6. The van der Waals surface area contributed by atoms with Crippen molar-refractivity contribution in [2.75, 3.05) is 29.9 Å². The van der Waals surface area contributed by atoms with Crippen molar-refractivity contribution < 1.29 is 14.7 Å². The van der Waals surface area contributed by atoms with Crippen LogP contribution in [0.1, 0.15) is 11.4 Å². The van der Waals surface area contributed by atoms with Crippen molar-refractivity contribution in [1.82, 2.24) is 14.7 Å². The zero-order valence-corrected chi connectivity index (χ0v) is 13.2. The highest BCUT2D eigenvalue weighted by Gasteiger charge is 2.30. The van der Waals surface area contributed by atoms with Crippen LogP contribution in [0.2, 0.25) is 0 Å². The number of carboxylic acid groups (broad SMARTS) is 1. The van der Waals surface area contributed by atoms with Crippen LogP contribution in [0, 0.1) is 13.8 Å². The molecule has 1 aliphatic heterocycles. The Morgan fingerprint density at radius 3 is 2.76 bits per heavy atom. The molecule has 0 radical (unpaired) electrons. The number of nitrogens with zero attached hydrogens (tertiary/aromatic N) is 3. The van der Waals surface area contributed by atoms with Crippen molar-refractivity contribution in [3.63, 3.8) is 0 Å². The molecule has 21 heavy (non-hydrogen) atoms. The second kappa shape index (κ2) is 6.48. The fourth-order valence-corrected chi connectivity index (χ4v) is 3.48. The highest BCUT2D eigenvalue weighted by atomic mass is 32.2. The minimum absolute atomic E-state index is 0.0886. The van der Waals surface area contributed by atoms with E-state index in [4.69, 9.17) is 0 Å². The number of carboxylic acids is 1. The number of hydrogen-bond donors (Lipinski definition) is 2. The monoisotopic (exact) mass is 312 g/mol. The van der Waals surface area contributed by atoms with Crippen molar-refractivity contribution in [2.45, 2.75) is 19.9 Å². The van der Waals surface area contributed by atoms with Crippen LogP contribution in [0.4, 0.5) is 5.69 Å². The molecule has 0 aliphatic carbocycles. The molecule has 1 saturated heterocycles. The molecule has 2 heterocycles. The number of thioether (sulfide) groups is 1. The van der Waals surface area contributed by atoms with Crippen LogP contribution in [0.25, 0.3) is 0 Å². The molecule has 1 aliphatic rings. The van der Waals surface area contributed by atoms with Crippen molar-refractivity contribution >= 4 is 29.3 Å². The van der Waals surface area contributed by atoms with E-state index >= 15 is 0 Å². The first kappa shape index (κ1) is 15.8. The third kappa shape index (κ3) is 3.56. The summed E-state index contributed by atoms with van der Waals surface area (Å²) < 4.78 is 1.71. The SMILES string of the molecule is Cc1nn(C)c(C)c1NC(=O)CN1CCSCC1C(=O)O. The van der Waals surface area contributed by atoms with Gasteiger partial charge in [0.25, 0.3) is 0 Å². The molecule has 1 atom stereocenters. The molecule has 1 unspecified atom stereocenters. The van der Waals surface area contributed by atoms with Gasteiger partial charge in [0.15, 0.2) is 0 Å². The number of anilines is 1. The van der Waals surface area contributed by atoms with Crippen molar-refractivity contribution in [2.24, 2.45) is 7.05 Å². The van der Waals surface area contributed by atoms with Gasteiger partial charge in [-0.25, -0.2) is 0 Å². The van der Waals surface area contributed by atoms with E-state index in [-0.39, 0.29) is 12.5 Å². The fraction of sp³-hybridized carbons (Fsp3) is 0.615. The Kier molecular flexibility index (Phi) is 4.89. The van der Waals surface area contributed by atoms with E-state index in [1.54, 1.807) is 21.3 Å². The molecule has 1 aromatic heterocycles. The number of amides is 1. The first-order valence-electron chi connectivity index (χ1n) is 6.74. The predicted octanol–water partition coefficient (Wildman–Crippen LogP) is 0.477. The van der Waals surface area contributed by atoms with Crippen LogP contribution < -0.4 is 5.32 Å². The van der Waals surface area contributed by atoms with E-state index in [0.29, 0.717) is 18.0 Å². The van der Waals surface area contributed by atoms with E-state index in [0.717, 1.165) is 17.1 Å². The van der Waals surface area contributed by atoms with Crippen LogP contribution in [0.3, 0.4) is 0 Å². The summed E-state index contributed by atoms with van der Waals surface area (Å²) in [5.74, 6) is 0.298. The zero-order valence-electron chi connectivity index (χ0n) is 12.4. The fourth-order valence-electron chi connectivity index (χ4n) is 2.37. The minimum Gasteiger partial charge on any atom is -0.480 e. The summed E-state index contributed by atoms with van der Waals surface area (Å²) in [7, 11) is 1.82. The molecule has 2 rings (SSSR count). The maximum absolute atomic E-state index is 12.2. The summed E-state index contributed by atoms with van der Waals surface area (Å²) in [5, 5.41) is 16.3. The number of hydrogen-bond acceptors (Lipinski definition) is 5. The number of aliphatic carboxylic acids is 1. The van der Waals surface area contributed by atoms with E-state index in [1.165, 1.54) is 0 Å². The van der Waals surface area contributed by atoms with Gasteiger partial charge in [0.05, 0.1) is 23.6 Å². The van der Waals surface area contributed by atoms with Crippen LogP contribution >= 0.6 is 11.8 Å². The van der Waals surface area contributed by atoms with Gasteiger partial charge in [0.1, 0.15) is 6.04 Å². The molecule has 1 amide bonds. The molecule has 8 heteroatoms. The maximum atomic E-state index is 12.2. The molecule has 2 N–H and O–H groups in total. The number of aryl methyl sites for hydroxylation is 2. The van der Waals surface area contributed by atoms with E-state index < -0.39 is 12.0 Å². The Labute approximate surface area is 127 Å². The standard InChI is InChI=1S/C13H20N4O3S/c1-8-12(9(2)16(3)15-8)14-11(18)6-17-4-5-21-7-10(17)13(19)20/h10H,4-7H2,1-3H3,(H,14,18)(H,19,20). The lowest BCUT2D eigenvalue weighted by Gasteiger charge is -2.31. The third-order valence-electron chi connectivity index (χ3n) is 3.64. The molecule has 0 spiro atoms. The molecular weight excluding hydrogens is 292 g/mol. The second-order valence-electron chi connectivity index (χ2n) is 5.12. The van der Waals surface area contributed by atoms with Gasteiger partial charge >= 0.3 is 5.97 Å². The normalized spacial score (nSPS) is 19.5. The average molecular weight is 312 g/mol. The van der Waals surface area contributed by atoms with E-state index in [9.17, 15) is 14.7 Å². The van der Waals surface area contributed by atoms with Crippen LogP contribution in [0.5, 0.6) is 0 Å². The lowest BCUT2D eigenvalue weighted by atomic mass is 10.2. The number of carbonyl (C=O) groups is 2. The van der Waals surface area contributed by atoms with Gasteiger partial charge in [0, 0.05) is 25.1 Å². The Hall–Kier alpha value is -1.54. The number of carbonyl (C=O) groups excluding carboxylic acids is 1. The van der Waals surface area contributed by atoms with E-state index in [2.05, 4.69) is 10.4 Å². The van der Waals surface area contributed by atoms with Crippen LogP contribution in [0.15, 0.2) is 0 Å². The Balaban J connectivity index is 2.02. The molecular formula is C13H20N4O3S. The van der Waals surface area contributed by atoms with Crippen molar-refractivity contribution in [1.29, 1.82) is 0 Å². The molecule has 1 aromatic rings. The Morgan fingerprint density at radius 1 is 1.48 bits per heavy atom. The summed E-state index contributed by atoms with van der Waals surface area (Å²) in [6, 6.07) is -0.592. The van der Waals surface area contributed by atoms with Gasteiger partial charge in [-0.1, -0.05) is 0 Å². The first-order valence-corrected chi connectivity index (χ1v) is 7.90. The summed E-state index contributed by atoms with van der Waals surface area (Å²) in [6.07, 6.45) is 0. The molecule has 0 saturated carbocycles. The average Bonchev–Trinajstić information content (AvgIpc) is 2.66. The smallest absolute Gasteiger partial charge is 0.321 e. The second-order valence-corrected chi connectivity index (χ2v) is 6.27. The summed E-state index contributed by atoms with van der Waals surface area (Å²) >= 11 is 1.61. The third-order valence-corrected chi connectivity index (χ3v) is 4.67. The van der Waals surface area contributed by atoms with Crippen molar-refractivity contribution in [3.8, 4) is 0 Å². The largest absolute Gasteiger partial charge is 0.480 e. The van der Waals surface area contributed by atoms with Gasteiger partial charge in [-0.3, -0.25) is 19.2 Å². The quantitative estimate of drug-likeness (QED) is 0.841. The van der Waals surface area contributed by atoms with Crippen LogP contribution in [-0.4, -0.2) is 62.3 Å². The topological polar surface area (TPSA) is 87.5 Å². The van der Waals surface area contributed by atoms with Gasteiger partial charge in [-0.2, -0.15) is 16.9 Å². The molecule has 1 fully saturated rings. The van der Waals surface area contributed by atoms with Gasteiger partial charge in [-0.05, 0) is 13.8 Å². The molecule has 0 bridgehead atoms. The number of nitrogens with one attached hydrogen (secondary N) is 1. The maximum Gasteiger partial charge on any atom is 0.321 e. The predicted molar refractivity (Wildman–Crippen MR) is 81.6 cm³/mol. The molecule has 7 nitrogen and oxygen atoms in total. The molecule has 0 aromatic carbocycles. The minimum atomic E-state index is -0.872. The summed E-state index contributed by atoms with van der Waals surface area (Å²) in [5.41, 5.74) is 2.35. The van der Waals surface area contributed by atoms with Gasteiger partial charge in [0.2, 0.25) is 5.91 Å². The number of rotatable bonds is 4. The lowest BCUT2D eigenvalue weighted by Crippen LogP contribution is -2.50. The molecule has 116 valence electrons. The first-order chi connectivity index (χ1) is 9.90. The van der Waals surface area contributed by atoms with E-state index in [1.807, 2.05) is 20.9 Å². The van der Waals surface area contributed by atoms with Crippen LogP contribution in [-0.2, 0) is 16.6 Å².